The fourth-order valence-corrected chi connectivity index (χ4v) is 1.81. The van der Waals surface area contributed by atoms with Crippen LogP contribution in [0.3, 0.4) is 0 Å². The molecule has 0 aromatic heterocycles. The van der Waals surface area contributed by atoms with E-state index in [1.165, 1.54) is 0 Å². The minimum Gasteiger partial charge on any atom is -0.342 e. The van der Waals surface area contributed by atoms with Crippen LogP contribution in [0.15, 0.2) is 30.3 Å². The van der Waals surface area contributed by atoms with Gasteiger partial charge in [-0.25, -0.2) is 0 Å². The fourth-order valence-electron chi connectivity index (χ4n) is 1.81. The quantitative estimate of drug-likeness (QED) is 0.799. The summed E-state index contributed by atoms with van der Waals surface area (Å²) in [5.41, 5.74) is 0.801. The van der Waals surface area contributed by atoms with Gasteiger partial charge in [-0.3, -0.25) is 9.59 Å². The molecule has 0 aliphatic carbocycles. The third-order valence-electron chi connectivity index (χ3n) is 3.08. The van der Waals surface area contributed by atoms with Crippen LogP contribution in [-0.2, 0) is 9.59 Å². The van der Waals surface area contributed by atoms with Crippen molar-refractivity contribution in [3.05, 3.63) is 35.9 Å². The highest BCUT2D eigenvalue weighted by molar-refractivity contribution is 5.88. The van der Waals surface area contributed by atoms with E-state index in [-0.39, 0.29) is 24.2 Å². The number of nitrogens with one attached hydrogen (secondary N) is 2. The van der Waals surface area contributed by atoms with Gasteiger partial charge < -0.3 is 15.5 Å². The summed E-state index contributed by atoms with van der Waals surface area (Å²) < 4.78 is 0. The monoisotopic (exact) mass is 313 g/mol. The molecule has 2 N–H and O–H groups in total. The van der Waals surface area contributed by atoms with Crippen molar-refractivity contribution in [2.24, 2.45) is 0 Å². The number of hydrogen-bond donors (Lipinski definition) is 2. The van der Waals surface area contributed by atoms with Gasteiger partial charge in [-0.15, -0.1) is 12.4 Å². The number of carbonyl (C=O) groups is 2. The second kappa shape index (κ2) is 10.2. The standard InChI is InChI=1S/C15H23N3O2.ClH/c1-4-13(19)17-14(12-8-6-5-7-9-12)15(20)18(3)11-10-16-2;/h5-9,14,16H,4,10-11H2,1-3H3,(H,17,19);1H. The van der Waals surface area contributed by atoms with Crippen molar-refractivity contribution in [2.75, 3.05) is 27.2 Å². The van der Waals surface area contributed by atoms with Crippen LogP contribution in [0.1, 0.15) is 24.9 Å². The third kappa shape index (κ3) is 6.14. The molecule has 0 fully saturated rings. The summed E-state index contributed by atoms with van der Waals surface area (Å²) in [6.07, 6.45) is 0.358. The van der Waals surface area contributed by atoms with Crippen molar-refractivity contribution in [1.29, 1.82) is 0 Å². The van der Waals surface area contributed by atoms with Gasteiger partial charge in [0.05, 0.1) is 0 Å². The number of hydrogen-bond acceptors (Lipinski definition) is 3. The predicted molar refractivity (Wildman–Crippen MR) is 86.4 cm³/mol. The van der Waals surface area contributed by atoms with E-state index < -0.39 is 6.04 Å². The van der Waals surface area contributed by atoms with E-state index in [1.54, 1.807) is 18.9 Å². The number of amides is 2. The molecule has 21 heavy (non-hydrogen) atoms. The lowest BCUT2D eigenvalue weighted by atomic mass is 10.1. The van der Waals surface area contributed by atoms with Gasteiger partial charge in [0.2, 0.25) is 11.8 Å². The lowest BCUT2D eigenvalue weighted by molar-refractivity contribution is -0.135. The molecule has 1 aromatic carbocycles. The minimum atomic E-state index is -0.620. The lowest BCUT2D eigenvalue weighted by Crippen LogP contribution is -2.43. The van der Waals surface area contributed by atoms with Crippen LogP contribution >= 0.6 is 12.4 Å². The number of halogens is 1. The summed E-state index contributed by atoms with van der Waals surface area (Å²) in [6, 6.07) is 8.69. The van der Waals surface area contributed by atoms with Gasteiger partial charge >= 0.3 is 0 Å². The molecule has 1 atom stereocenters. The van der Waals surface area contributed by atoms with Crippen LogP contribution in [0.4, 0.5) is 0 Å². The van der Waals surface area contributed by atoms with Crippen LogP contribution in [-0.4, -0.2) is 43.9 Å². The molecule has 0 saturated heterocycles. The predicted octanol–water partition coefficient (Wildman–Crippen LogP) is 1.35. The Balaban J connectivity index is 0.00000400. The van der Waals surface area contributed by atoms with E-state index in [9.17, 15) is 9.59 Å². The Kier molecular flexibility index (Phi) is 9.41. The highest BCUT2D eigenvalue weighted by Gasteiger charge is 2.24. The molecule has 6 heteroatoms. The van der Waals surface area contributed by atoms with Crippen LogP contribution in [0, 0.1) is 0 Å². The third-order valence-corrected chi connectivity index (χ3v) is 3.08. The summed E-state index contributed by atoms with van der Waals surface area (Å²) in [7, 11) is 3.58. The van der Waals surface area contributed by atoms with Crippen molar-refractivity contribution >= 4 is 24.2 Å². The molecule has 0 spiro atoms. The molecule has 5 nitrogen and oxygen atoms in total. The van der Waals surface area contributed by atoms with E-state index in [1.807, 2.05) is 37.4 Å². The SMILES string of the molecule is CCC(=O)NC(C(=O)N(C)CCNC)c1ccccc1.Cl. The molecule has 118 valence electrons. The average Bonchev–Trinajstić information content (AvgIpc) is 2.50. The summed E-state index contributed by atoms with van der Waals surface area (Å²) in [4.78, 5) is 25.8. The van der Waals surface area contributed by atoms with Gasteiger partial charge in [0.25, 0.3) is 0 Å². The molecule has 1 rings (SSSR count). The molecule has 0 radical (unpaired) electrons. The Morgan fingerprint density at radius 1 is 1.24 bits per heavy atom. The van der Waals surface area contributed by atoms with E-state index in [2.05, 4.69) is 10.6 Å². The summed E-state index contributed by atoms with van der Waals surface area (Å²) in [6.45, 7) is 3.08. The second-order valence-electron chi connectivity index (χ2n) is 4.63. The molecule has 1 aromatic rings. The zero-order chi connectivity index (χ0) is 15.0. The van der Waals surface area contributed by atoms with Crippen LogP contribution < -0.4 is 10.6 Å². The van der Waals surface area contributed by atoms with Gasteiger partial charge in [-0.05, 0) is 12.6 Å². The maximum atomic E-state index is 12.5. The first-order valence-electron chi connectivity index (χ1n) is 6.84. The second-order valence-corrected chi connectivity index (χ2v) is 4.63. The maximum Gasteiger partial charge on any atom is 0.249 e. The highest BCUT2D eigenvalue weighted by Crippen LogP contribution is 2.15. The Bertz CT molecular complexity index is 440. The van der Waals surface area contributed by atoms with Gasteiger partial charge in [-0.1, -0.05) is 37.3 Å². The van der Waals surface area contributed by atoms with Gasteiger partial charge in [0.15, 0.2) is 0 Å². The maximum absolute atomic E-state index is 12.5. The summed E-state index contributed by atoms with van der Waals surface area (Å²) in [5.74, 6) is -0.234. The van der Waals surface area contributed by atoms with Gasteiger partial charge in [-0.2, -0.15) is 0 Å². The molecular formula is C15H24ClN3O2. The Labute approximate surface area is 132 Å². The summed E-state index contributed by atoms with van der Waals surface area (Å²) >= 11 is 0. The highest BCUT2D eigenvalue weighted by atomic mass is 35.5. The topological polar surface area (TPSA) is 61.4 Å². The molecule has 0 heterocycles. The van der Waals surface area contributed by atoms with Gasteiger partial charge in [0, 0.05) is 26.6 Å². The van der Waals surface area contributed by atoms with Crippen molar-refractivity contribution in [1.82, 2.24) is 15.5 Å². The number of benzene rings is 1. The molecule has 1 unspecified atom stereocenters. The van der Waals surface area contributed by atoms with Crippen molar-refractivity contribution in [2.45, 2.75) is 19.4 Å². The first-order valence-corrected chi connectivity index (χ1v) is 6.84. The van der Waals surface area contributed by atoms with E-state index in [0.29, 0.717) is 19.5 Å². The average molecular weight is 314 g/mol. The first kappa shape index (κ1) is 19.4. The molecule has 0 aliphatic rings. The minimum absolute atomic E-state index is 0. The van der Waals surface area contributed by atoms with Crippen molar-refractivity contribution < 1.29 is 9.59 Å². The Hall–Kier alpha value is -1.59. The summed E-state index contributed by atoms with van der Waals surface area (Å²) in [5, 5.41) is 5.79. The number of carbonyl (C=O) groups excluding carboxylic acids is 2. The fraction of sp³-hybridized carbons (Fsp3) is 0.467. The first-order chi connectivity index (χ1) is 9.60. The molecule has 0 bridgehead atoms. The van der Waals surface area contributed by atoms with E-state index >= 15 is 0 Å². The molecular weight excluding hydrogens is 290 g/mol. The smallest absolute Gasteiger partial charge is 0.249 e. The molecule has 2 amide bonds. The van der Waals surface area contributed by atoms with Crippen LogP contribution in [0.5, 0.6) is 0 Å². The zero-order valence-electron chi connectivity index (χ0n) is 12.8. The Morgan fingerprint density at radius 2 is 1.86 bits per heavy atom. The van der Waals surface area contributed by atoms with E-state index in [4.69, 9.17) is 0 Å². The molecule has 0 saturated carbocycles. The largest absolute Gasteiger partial charge is 0.342 e. The molecule has 0 aliphatic heterocycles. The van der Waals surface area contributed by atoms with Crippen molar-refractivity contribution in [3.63, 3.8) is 0 Å². The van der Waals surface area contributed by atoms with Crippen molar-refractivity contribution in [3.8, 4) is 0 Å². The lowest BCUT2D eigenvalue weighted by Gasteiger charge is -2.24. The van der Waals surface area contributed by atoms with Gasteiger partial charge in [0.1, 0.15) is 6.04 Å². The number of likely N-dealkylation sites (N-methyl/N-ethyl adjacent to an activating group) is 2. The van der Waals surface area contributed by atoms with Crippen LogP contribution in [0.2, 0.25) is 0 Å². The van der Waals surface area contributed by atoms with Crippen LogP contribution in [0.25, 0.3) is 0 Å². The normalized spacial score (nSPS) is 11.2. The van der Waals surface area contributed by atoms with E-state index in [0.717, 1.165) is 5.56 Å². The number of rotatable bonds is 7. The number of nitrogens with zero attached hydrogens (tertiary/aromatic N) is 1. The Morgan fingerprint density at radius 3 is 2.38 bits per heavy atom. The zero-order valence-corrected chi connectivity index (χ0v) is 13.6.